The number of carboxylic acids is 1. The first-order valence-corrected chi connectivity index (χ1v) is 6.80. The molecule has 0 bridgehead atoms. The van der Waals surface area contributed by atoms with Crippen LogP contribution in [0.15, 0.2) is 24.3 Å². The minimum atomic E-state index is -0.943. The van der Waals surface area contributed by atoms with Crippen molar-refractivity contribution < 1.29 is 24.2 Å². The fraction of sp³-hybridized carbons (Fsp3) is 0.600. The van der Waals surface area contributed by atoms with Crippen LogP contribution in [0.3, 0.4) is 0 Å². The van der Waals surface area contributed by atoms with E-state index in [1.165, 1.54) is 0 Å². The van der Waals surface area contributed by atoms with Crippen molar-refractivity contribution in [3.63, 3.8) is 0 Å². The lowest BCUT2D eigenvalue weighted by molar-refractivity contribution is -0.156. The van der Waals surface area contributed by atoms with Crippen molar-refractivity contribution in [2.24, 2.45) is 11.8 Å². The molecule has 0 spiro atoms. The zero-order valence-electron chi connectivity index (χ0n) is 11.8. The van der Waals surface area contributed by atoms with Crippen molar-refractivity contribution in [2.75, 3.05) is 19.8 Å². The zero-order valence-corrected chi connectivity index (χ0v) is 11.8. The van der Waals surface area contributed by atoms with E-state index in [1.54, 1.807) is 6.08 Å². The molecule has 0 radical (unpaired) electrons. The van der Waals surface area contributed by atoms with Gasteiger partial charge in [-0.15, -0.1) is 0 Å². The van der Waals surface area contributed by atoms with Gasteiger partial charge in [-0.2, -0.15) is 0 Å². The molecule has 112 valence electrons. The number of rotatable bonds is 8. The minimum Gasteiger partial charge on any atom is -0.481 e. The summed E-state index contributed by atoms with van der Waals surface area (Å²) in [5, 5.41) is 9.08. The van der Waals surface area contributed by atoms with E-state index in [0.717, 1.165) is 5.57 Å². The van der Waals surface area contributed by atoms with Crippen LogP contribution in [0, 0.1) is 11.8 Å². The van der Waals surface area contributed by atoms with Gasteiger partial charge in [-0.3, -0.25) is 9.59 Å². The molecule has 1 aliphatic carbocycles. The lowest BCUT2D eigenvalue weighted by Gasteiger charge is -2.22. The van der Waals surface area contributed by atoms with E-state index in [4.69, 9.17) is 14.6 Å². The molecular formula is C15H22O5. The molecule has 5 heteroatoms. The molecule has 5 nitrogen and oxygen atoms in total. The van der Waals surface area contributed by atoms with Crippen LogP contribution in [0.25, 0.3) is 0 Å². The average molecular weight is 282 g/mol. The predicted octanol–water partition coefficient (Wildman–Crippen LogP) is 2.18. The number of allylic oxidation sites excluding steroid dienone is 1. The van der Waals surface area contributed by atoms with Crippen molar-refractivity contribution in [2.45, 2.75) is 26.2 Å². The Balaban J connectivity index is 2.27. The highest BCUT2D eigenvalue weighted by atomic mass is 16.5. The molecule has 2 unspecified atom stereocenters. The Morgan fingerprint density at radius 1 is 1.40 bits per heavy atom. The summed E-state index contributed by atoms with van der Waals surface area (Å²) in [6.45, 7) is 6.82. The first-order chi connectivity index (χ1) is 9.52. The van der Waals surface area contributed by atoms with Crippen LogP contribution in [0.1, 0.15) is 26.2 Å². The summed E-state index contributed by atoms with van der Waals surface area (Å²) in [6.07, 6.45) is 5.24. The Bertz CT molecular complexity index is 386. The van der Waals surface area contributed by atoms with Crippen LogP contribution >= 0.6 is 0 Å². The third-order valence-electron chi connectivity index (χ3n) is 3.04. The Morgan fingerprint density at radius 2 is 2.15 bits per heavy atom. The normalized spacial score (nSPS) is 21.4. The zero-order chi connectivity index (χ0) is 15.0. The van der Waals surface area contributed by atoms with E-state index in [1.807, 2.05) is 13.0 Å². The minimum absolute atomic E-state index is 0.242. The van der Waals surface area contributed by atoms with Crippen molar-refractivity contribution in [1.82, 2.24) is 0 Å². The van der Waals surface area contributed by atoms with Crippen LogP contribution < -0.4 is 0 Å². The smallest absolute Gasteiger partial charge is 0.313 e. The van der Waals surface area contributed by atoms with Gasteiger partial charge in [0.2, 0.25) is 0 Å². The second-order valence-corrected chi connectivity index (χ2v) is 5.01. The Labute approximate surface area is 119 Å². The Morgan fingerprint density at radius 3 is 2.80 bits per heavy atom. The summed E-state index contributed by atoms with van der Waals surface area (Å²) >= 11 is 0. The SMILES string of the molecule is C=C(C)COCCCOC(=O)C1C=CCCC1C(=O)O. The second kappa shape index (κ2) is 8.53. The van der Waals surface area contributed by atoms with Gasteiger partial charge in [0.15, 0.2) is 0 Å². The largest absolute Gasteiger partial charge is 0.481 e. The molecule has 1 rings (SSSR count). The molecule has 0 fully saturated rings. The predicted molar refractivity (Wildman–Crippen MR) is 74.2 cm³/mol. The van der Waals surface area contributed by atoms with Crippen LogP contribution in [-0.4, -0.2) is 36.9 Å². The molecule has 0 aromatic carbocycles. The maximum atomic E-state index is 11.9. The molecule has 0 heterocycles. The standard InChI is InChI=1S/C15H22O5/c1-11(2)10-19-8-5-9-20-15(18)13-7-4-3-6-12(13)14(16)17/h4,7,12-13H,1,3,5-6,8-10H2,2H3,(H,16,17). The van der Waals surface area contributed by atoms with E-state index in [-0.39, 0.29) is 6.61 Å². The molecule has 0 amide bonds. The highest BCUT2D eigenvalue weighted by Gasteiger charge is 2.34. The van der Waals surface area contributed by atoms with Crippen molar-refractivity contribution in [3.05, 3.63) is 24.3 Å². The summed E-state index contributed by atoms with van der Waals surface area (Å²) in [5.74, 6) is -2.75. The van der Waals surface area contributed by atoms with E-state index in [9.17, 15) is 9.59 Å². The van der Waals surface area contributed by atoms with Crippen molar-refractivity contribution in [3.8, 4) is 0 Å². The fourth-order valence-corrected chi connectivity index (χ4v) is 2.03. The van der Waals surface area contributed by atoms with E-state index in [0.29, 0.717) is 32.5 Å². The molecule has 1 N–H and O–H groups in total. The Hall–Kier alpha value is -1.62. The summed E-state index contributed by atoms with van der Waals surface area (Å²) < 4.78 is 10.4. The number of ether oxygens (including phenoxy) is 2. The summed E-state index contributed by atoms with van der Waals surface area (Å²) in [4.78, 5) is 22.9. The van der Waals surface area contributed by atoms with E-state index < -0.39 is 23.8 Å². The summed E-state index contributed by atoms with van der Waals surface area (Å²) in [5.41, 5.74) is 0.943. The topological polar surface area (TPSA) is 72.8 Å². The molecule has 0 aliphatic heterocycles. The van der Waals surface area contributed by atoms with Gasteiger partial charge in [0.1, 0.15) is 0 Å². The quantitative estimate of drug-likeness (QED) is 0.419. The number of carbonyl (C=O) groups excluding carboxylic acids is 1. The Kier molecular flexibility index (Phi) is 7.01. The lowest BCUT2D eigenvalue weighted by atomic mass is 9.84. The molecule has 0 aromatic rings. The molecule has 1 aliphatic rings. The highest BCUT2D eigenvalue weighted by Crippen LogP contribution is 2.26. The lowest BCUT2D eigenvalue weighted by Crippen LogP contribution is -2.31. The third kappa shape index (κ3) is 5.57. The van der Waals surface area contributed by atoms with Crippen molar-refractivity contribution in [1.29, 1.82) is 0 Å². The second-order valence-electron chi connectivity index (χ2n) is 5.01. The number of aliphatic carboxylic acids is 1. The third-order valence-corrected chi connectivity index (χ3v) is 3.04. The number of carboxylic acid groups (broad SMARTS) is 1. The molecule has 0 saturated heterocycles. The number of hydrogen-bond donors (Lipinski definition) is 1. The number of hydrogen-bond acceptors (Lipinski definition) is 4. The first kappa shape index (κ1) is 16.4. The van der Waals surface area contributed by atoms with Crippen molar-refractivity contribution >= 4 is 11.9 Å². The fourth-order valence-electron chi connectivity index (χ4n) is 2.03. The molecular weight excluding hydrogens is 260 g/mol. The maximum Gasteiger partial charge on any atom is 0.313 e. The van der Waals surface area contributed by atoms with Gasteiger partial charge in [-0.05, 0) is 19.8 Å². The van der Waals surface area contributed by atoms with E-state index >= 15 is 0 Å². The summed E-state index contributed by atoms with van der Waals surface area (Å²) in [6, 6.07) is 0. The van der Waals surface area contributed by atoms with Crippen LogP contribution in [0.5, 0.6) is 0 Å². The number of esters is 1. The van der Waals surface area contributed by atoms with Gasteiger partial charge < -0.3 is 14.6 Å². The maximum absolute atomic E-state index is 11.9. The molecule has 0 aromatic heterocycles. The van der Waals surface area contributed by atoms with Gasteiger partial charge in [0.25, 0.3) is 0 Å². The van der Waals surface area contributed by atoms with Gasteiger partial charge >= 0.3 is 11.9 Å². The van der Waals surface area contributed by atoms with Gasteiger partial charge in [0.05, 0.1) is 31.7 Å². The molecule has 20 heavy (non-hydrogen) atoms. The van der Waals surface area contributed by atoms with Crippen LogP contribution in [-0.2, 0) is 19.1 Å². The molecule has 2 atom stereocenters. The average Bonchev–Trinajstić information content (AvgIpc) is 2.42. The van der Waals surface area contributed by atoms with Gasteiger partial charge in [-0.25, -0.2) is 0 Å². The van der Waals surface area contributed by atoms with Gasteiger partial charge in [-0.1, -0.05) is 24.3 Å². The monoisotopic (exact) mass is 282 g/mol. The molecule has 0 saturated carbocycles. The van der Waals surface area contributed by atoms with E-state index in [2.05, 4.69) is 6.58 Å². The number of carbonyl (C=O) groups is 2. The summed E-state index contributed by atoms with van der Waals surface area (Å²) in [7, 11) is 0. The van der Waals surface area contributed by atoms with Crippen LogP contribution in [0.4, 0.5) is 0 Å². The highest BCUT2D eigenvalue weighted by molar-refractivity contribution is 5.83. The van der Waals surface area contributed by atoms with Crippen LogP contribution in [0.2, 0.25) is 0 Å². The van der Waals surface area contributed by atoms with Gasteiger partial charge in [0, 0.05) is 6.42 Å². The first-order valence-electron chi connectivity index (χ1n) is 6.80.